The first kappa shape index (κ1) is 36.0. The van der Waals surface area contributed by atoms with Gasteiger partial charge in [0.2, 0.25) is 0 Å². The second-order valence-electron chi connectivity index (χ2n) is 19.5. The quantitative estimate of drug-likeness (QED) is 0.156. The molecule has 3 aliphatic rings. The molecule has 0 aromatic heterocycles. The molecule has 0 nitrogen and oxygen atoms in total. The van der Waals surface area contributed by atoms with E-state index in [0.717, 1.165) is 0 Å². The normalized spacial score (nSPS) is 14.5. The molecule has 0 unspecified atom stereocenters. The van der Waals surface area contributed by atoms with Crippen molar-refractivity contribution in [3.63, 3.8) is 0 Å². The highest BCUT2D eigenvalue weighted by Crippen LogP contribution is 2.61. The molecule has 11 aromatic carbocycles. The monoisotopic (exact) mass is 812 g/mol. The van der Waals surface area contributed by atoms with Crippen LogP contribution in [0.4, 0.5) is 0 Å². The van der Waals surface area contributed by atoms with Crippen molar-refractivity contribution in [3.05, 3.63) is 216 Å². The van der Waals surface area contributed by atoms with Gasteiger partial charge in [0.25, 0.3) is 0 Å². The van der Waals surface area contributed by atoms with E-state index in [1.807, 2.05) is 0 Å². The van der Waals surface area contributed by atoms with Gasteiger partial charge in [-0.2, -0.15) is 0 Å². The molecule has 0 radical (unpaired) electrons. The van der Waals surface area contributed by atoms with Crippen molar-refractivity contribution in [1.29, 1.82) is 0 Å². The summed E-state index contributed by atoms with van der Waals surface area (Å²) in [6.07, 6.45) is 0. The van der Waals surface area contributed by atoms with E-state index in [-0.39, 0.29) is 10.8 Å². The zero-order chi connectivity index (χ0) is 42.6. The summed E-state index contributed by atoms with van der Waals surface area (Å²) in [4.78, 5) is 0. The maximum atomic E-state index is 2.55. The Morgan fingerprint density at radius 1 is 0.250 bits per heavy atom. The van der Waals surface area contributed by atoms with E-state index < -0.39 is 0 Å². The molecule has 0 aliphatic heterocycles. The van der Waals surface area contributed by atoms with E-state index in [9.17, 15) is 0 Å². The van der Waals surface area contributed by atoms with Crippen LogP contribution in [0.15, 0.2) is 194 Å². The second kappa shape index (κ2) is 12.6. The molecule has 0 atom stereocenters. The van der Waals surface area contributed by atoms with E-state index in [4.69, 9.17) is 0 Å². The van der Waals surface area contributed by atoms with Crippen molar-refractivity contribution in [1.82, 2.24) is 0 Å². The Kier molecular flexibility index (Phi) is 7.06. The number of benzene rings is 11. The maximum absolute atomic E-state index is 2.55. The van der Waals surface area contributed by atoms with Gasteiger partial charge in [-0.3, -0.25) is 0 Å². The molecule has 0 bridgehead atoms. The number of hydrogen-bond donors (Lipinski definition) is 0. The minimum atomic E-state index is -0.136. The Morgan fingerprint density at radius 3 is 1.48 bits per heavy atom. The molecule has 0 spiro atoms. The van der Waals surface area contributed by atoms with Crippen LogP contribution in [0.25, 0.3) is 121 Å². The van der Waals surface area contributed by atoms with E-state index >= 15 is 0 Å². The van der Waals surface area contributed by atoms with Gasteiger partial charge in [0, 0.05) is 10.8 Å². The molecule has 0 saturated heterocycles. The summed E-state index contributed by atoms with van der Waals surface area (Å²) in [7, 11) is 0. The molecule has 0 amide bonds. The fourth-order valence-corrected chi connectivity index (χ4v) is 12.5. The zero-order valence-corrected chi connectivity index (χ0v) is 36.5. The summed E-state index contributed by atoms with van der Waals surface area (Å²) in [5.41, 5.74) is 23.6. The molecular formula is C64H44. The van der Waals surface area contributed by atoms with Crippen molar-refractivity contribution in [2.75, 3.05) is 0 Å². The lowest BCUT2D eigenvalue weighted by molar-refractivity contribution is 0.660. The molecule has 11 aromatic rings. The van der Waals surface area contributed by atoms with Crippen LogP contribution in [-0.2, 0) is 10.8 Å². The summed E-state index contributed by atoms with van der Waals surface area (Å²) in [6.45, 7) is 9.61. The smallest absolute Gasteiger partial charge is 0.0159 e. The van der Waals surface area contributed by atoms with Crippen LogP contribution < -0.4 is 0 Å². The summed E-state index contributed by atoms with van der Waals surface area (Å²) in [5, 5.41) is 10.4. The molecule has 3 aliphatic carbocycles. The Hall–Kier alpha value is -7.54. The molecule has 0 saturated carbocycles. The lowest BCUT2D eigenvalue weighted by Crippen LogP contribution is -2.15. The van der Waals surface area contributed by atoms with E-state index in [2.05, 4.69) is 222 Å². The Labute approximate surface area is 374 Å². The van der Waals surface area contributed by atoms with Gasteiger partial charge < -0.3 is 0 Å². The van der Waals surface area contributed by atoms with E-state index in [1.54, 1.807) is 0 Å². The van der Waals surface area contributed by atoms with E-state index in [1.165, 1.54) is 143 Å². The van der Waals surface area contributed by atoms with Gasteiger partial charge in [0.15, 0.2) is 0 Å². The van der Waals surface area contributed by atoms with Gasteiger partial charge in [0.1, 0.15) is 0 Å². The topological polar surface area (TPSA) is 0 Å². The maximum Gasteiger partial charge on any atom is 0.0159 e. The summed E-state index contributed by atoms with van der Waals surface area (Å²) in [6, 6.07) is 74.2. The fraction of sp³-hybridized carbons (Fsp3) is 0.0938. The summed E-state index contributed by atoms with van der Waals surface area (Å²) in [5.74, 6) is 0. The van der Waals surface area contributed by atoms with Crippen LogP contribution in [0.1, 0.15) is 49.9 Å². The average molecular weight is 813 g/mol. The number of rotatable bonds is 3. The first-order chi connectivity index (χ1) is 31.3. The predicted molar refractivity (Wildman–Crippen MR) is 272 cm³/mol. The summed E-state index contributed by atoms with van der Waals surface area (Å²) < 4.78 is 0. The van der Waals surface area contributed by atoms with Crippen molar-refractivity contribution < 1.29 is 0 Å². The highest BCUT2D eigenvalue weighted by Gasteiger charge is 2.39. The lowest BCUT2D eigenvalue weighted by Gasteiger charge is -2.25. The third-order valence-electron chi connectivity index (χ3n) is 15.6. The molecule has 14 rings (SSSR count). The largest absolute Gasteiger partial charge is 0.0622 e. The first-order valence-corrected chi connectivity index (χ1v) is 22.8. The molecule has 0 N–H and O–H groups in total. The number of fused-ring (bicyclic) bond motifs is 14. The third kappa shape index (κ3) is 4.62. The van der Waals surface area contributed by atoms with Crippen molar-refractivity contribution >= 4 is 43.1 Å². The molecule has 0 heterocycles. The van der Waals surface area contributed by atoms with Crippen molar-refractivity contribution in [2.24, 2.45) is 0 Å². The van der Waals surface area contributed by atoms with Crippen LogP contribution in [0.3, 0.4) is 0 Å². The highest BCUT2D eigenvalue weighted by molar-refractivity contribution is 6.33. The van der Waals surface area contributed by atoms with Gasteiger partial charge in [-0.15, -0.1) is 0 Å². The SMILES string of the molecule is CC1(C)c2ccccc2-c2ccc(-c3c4c(c(-c5ccc6c(c5)C(C)(C)c5ccccc5-6)c5cc(-c6ccccc6)ccc35)-c3cc5c6ccccc6ccc5c5cccc-4c35)cc21. The zero-order valence-electron chi connectivity index (χ0n) is 36.5. The average Bonchev–Trinajstić information content (AvgIpc) is 3.87. The van der Waals surface area contributed by atoms with Gasteiger partial charge in [0.05, 0.1) is 0 Å². The van der Waals surface area contributed by atoms with Gasteiger partial charge >= 0.3 is 0 Å². The van der Waals surface area contributed by atoms with Crippen LogP contribution >= 0.6 is 0 Å². The van der Waals surface area contributed by atoms with Crippen LogP contribution in [-0.4, -0.2) is 0 Å². The second-order valence-corrected chi connectivity index (χ2v) is 19.5. The van der Waals surface area contributed by atoms with Crippen molar-refractivity contribution in [3.8, 4) is 77.9 Å². The van der Waals surface area contributed by atoms with Crippen molar-refractivity contribution in [2.45, 2.75) is 38.5 Å². The van der Waals surface area contributed by atoms with Gasteiger partial charge in [-0.1, -0.05) is 198 Å². The van der Waals surface area contributed by atoms with Crippen LogP contribution in [0, 0.1) is 0 Å². The van der Waals surface area contributed by atoms with Gasteiger partial charge in [-0.25, -0.2) is 0 Å². The molecule has 300 valence electrons. The first-order valence-electron chi connectivity index (χ1n) is 22.8. The third-order valence-corrected chi connectivity index (χ3v) is 15.6. The predicted octanol–water partition coefficient (Wildman–Crippen LogP) is 17.6. The Bertz CT molecular complexity index is 3880. The lowest BCUT2D eigenvalue weighted by atomic mass is 9.78. The standard InChI is InChI=1S/C64H44/c1-63(2)54-23-12-10-19-44(54)46-30-27-40(34-56(46)63)58-49-32-26-39(37-15-6-5-7-16-37)33-52(49)59(41-28-31-47-45-20-11-13-24-55(45)64(3,4)57(47)35-41)62-53-36-51-42-18-9-8-17-38(42)25-29-43(51)48-21-14-22-50(60(48)53)61(58)62/h5-36H,1-4H3. The van der Waals surface area contributed by atoms with Crippen LogP contribution in [0.2, 0.25) is 0 Å². The van der Waals surface area contributed by atoms with E-state index in [0.29, 0.717) is 0 Å². The molecule has 0 heteroatoms. The minimum Gasteiger partial charge on any atom is -0.0622 e. The Morgan fingerprint density at radius 2 is 0.781 bits per heavy atom. The fourth-order valence-electron chi connectivity index (χ4n) is 12.5. The van der Waals surface area contributed by atoms with Crippen LogP contribution in [0.5, 0.6) is 0 Å². The molecule has 64 heavy (non-hydrogen) atoms. The number of hydrogen-bond acceptors (Lipinski definition) is 0. The Balaban J connectivity index is 1.16. The molecular weight excluding hydrogens is 769 g/mol. The highest BCUT2D eigenvalue weighted by atomic mass is 14.4. The molecule has 0 fully saturated rings. The summed E-state index contributed by atoms with van der Waals surface area (Å²) >= 11 is 0. The minimum absolute atomic E-state index is 0.127. The van der Waals surface area contributed by atoms with Gasteiger partial charge in [-0.05, 0) is 167 Å².